The minimum absolute atomic E-state index is 0.0685. The molecule has 2 atom stereocenters. The lowest BCUT2D eigenvalue weighted by Gasteiger charge is -2.30. The van der Waals surface area contributed by atoms with E-state index in [0.29, 0.717) is 31.5 Å². The molecule has 8 heteroatoms. The van der Waals surface area contributed by atoms with Crippen LogP contribution in [0.3, 0.4) is 0 Å². The van der Waals surface area contributed by atoms with Crippen molar-refractivity contribution in [3.63, 3.8) is 0 Å². The number of nitrogens with one attached hydrogen (secondary N) is 2. The molecule has 0 saturated heterocycles. The molecule has 1 saturated carbocycles. The van der Waals surface area contributed by atoms with Crippen molar-refractivity contribution in [1.29, 1.82) is 0 Å². The van der Waals surface area contributed by atoms with Crippen molar-refractivity contribution in [3.8, 4) is 0 Å². The van der Waals surface area contributed by atoms with E-state index in [1.165, 1.54) is 23.6 Å². The van der Waals surface area contributed by atoms with Gasteiger partial charge in [0.15, 0.2) is 0 Å². The van der Waals surface area contributed by atoms with Gasteiger partial charge >= 0.3 is 0 Å². The number of hydrogen-bond acceptors (Lipinski definition) is 5. The summed E-state index contributed by atoms with van der Waals surface area (Å²) in [6.45, 7) is 10.5. The highest BCUT2D eigenvalue weighted by Crippen LogP contribution is 2.28. The molecule has 3 N–H and O–H groups in total. The van der Waals surface area contributed by atoms with Gasteiger partial charge < -0.3 is 15.7 Å². The zero-order valence-corrected chi connectivity index (χ0v) is 21.8. The fourth-order valence-electron chi connectivity index (χ4n) is 4.40. The molecule has 1 fully saturated rings. The van der Waals surface area contributed by atoms with E-state index in [9.17, 15) is 18.3 Å². The lowest BCUT2D eigenvalue weighted by molar-refractivity contribution is -0.122. The van der Waals surface area contributed by atoms with Gasteiger partial charge in [0, 0.05) is 26.1 Å². The molecule has 0 bridgehead atoms. The number of aliphatic hydroxyl groups is 1. The number of aliphatic hydroxyl groups excluding tert-OH is 1. The minimum Gasteiger partial charge on any atom is -0.390 e. The maximum Gasteiger partial charge on any atom is 0.221 e. The Bertz CT molecular complexity index is 600. The van der Waals surface area contributed by atoms with Crippen LogP contribution >= 0.6 is 0 Å². The summed E-state index contributed by atoms with van der Waals surface area (Å²) in [6, 6.07) is -0.345. The molecule has 32 heavy (non-hydrogen) atoms. The number of carbonyl (C=O) groups excluding carboxylic acids is 1. The van der Waals surface area contributed by atoms with Gasteiger partial charge in [0.05, 0.1) is 17.9 Å². The van der Waals surface area contributed by atoms with Gasteiger partial charge in [-0.2, -0.15) is 0 Å². The molecule has 1 amide bonds. The average Bonchev–Trinajstić information content (AvgIpc) is 2.75. The van der Waals surface area contributed by atoms with Crippen molar-refractivity contribution in [3.05, 3.63) is 0 Å². The summed E-state index contributed by atoms with van der Waals surface area (Å²) in [7, 11) is -3.45. The zero-order chi connectivity index (χ0) is 24.0. The van der Waals surface area contributed by atoms with Crippen LogP contribution in [-0.2, 0) is 14.8 Å². The largest absolute Gasteiger partial charge is 0.390 e. The first-order chi connectivity index (χ1) is 15.2. The van der Waals surface area contributed by atoms with E-state index in [4.69, 9.17) is 0 Å². The minimum atomic E-state index is -3.45. The lowest BCUT2D eigenvalue weighted by Crippen LogP contribution is -2.49. The molecular formula is C24H49N3O4S. The number of rotatable bonds is 17. The monoisotopic (exact) mass is 475 g/mol. The summed E-state index contributed by atoms with van der Waals surface area (Å²) in [5.41, 5.74) is 0. The summed E-state index contributed by atoms with van der Waals surface area (Å²) in [5, 5.41) is 17.1. The topological polar surface area (TPSA) is 98.7 Å². The standard InChI is InChI=1S/C24H49N3O4S/c1-5-15-27(16-6-2)32(30,31)17-13-24(29)26-22(18-21-10-8-7-9-11-21)23(28)19-25-14-12-20(3)4/h20-23,25,28H,5-19H2,1-4H3,(H,26,29)/t22-,23+/m0/s1. The second kappa shape index (κ2) is 16.0. The van der Waals surface area contributed by atoms with Crippen LogP contribution in [0.25, 0.3) is 0 Å². The fraction of sp³-hybridized carbons (Fsp3) is 0.958. The Hall–Kier alpha value is -0.700. The predicted molar refractivity (Wildman–Crippen MR) is 132 cm³/mol. The number of sulfonamides is 1. The Morgan fingerprint density at radius 3 is 2.28 bits per heavy atom. The third-order valence-electron chi connectivity index (χ3n) is 6.30. The van der Waals surface area contributed by atoms with E-state index < -0.39 is 16.1 Å². The molecule has 0 spiro atoms. The van der Waals surface area contributed by atoms with Gasteiger partial charge in [0.2, 0.25) is 15.9 Å². The second-order valence-corrected chi connectivity index (χ2v) is 11.9. The van der Waals surface area contributed by atoms with E-state index in [-0.39, 0.29) is 24.1 Å². The van der Waals surface area contributed by atoms with Gasteiger partial charge in [-0.15, -0.1) is 0 Å². The highest BCUT2D eigenvalue weighted by atomic mass is 32.2. The van der Waals surface area contributed by atoms with Crippen LogP contribution in [-0.4, -0.2) is 67.8 Å². The maximum atomic E-state index is 12.7. The molecule has 190 valence electrons. The van der Waals surface area contributed by atoms with Crippen LogP contribution in [0.2, 0.25) is 0 Å². The summed E-state index contributed by atoms with van der Waals surface area (Å²) >= 11 is 0. The number of nitrogens with zero attached hydrogens (tertiary/aromatic N) is 1. The van der Waals surface area contributed by atoms with Gasteiger partial charge in [0.1, 0.15) is 0 Å². The Labute approximate surface area is 197 Å². The van der Waals surface area contributed by atoms with Gasteiger partial charge in [0.25, 0.3) is 0 Å². The van der Waals surface area contributed by atoms with E-state index in [0.717, 1.165) is 45.1 Å². The highest BCUT2D eigenvalue weighted by molar-refractivity contribution is 7.89. The van der Waals surface area contributed by atoms with E-state index >= 15 is 0 Å². The smallest absolute Gasteiger partial charge is 0.221 e. The molecule has 0 aliphatic heterocycles. The Morgan fingerprint density at radius 2 is 1.72 bits per heavy atom. The lowest BCUT2D eigenvalue weighted by atomic mass is 9.83. The Morgan fingerprint density at radius 1 is 1.09 bits per heavy atom. The van der Waals surface area contributed by atoms with Crippen molar-refractivity contribution >= 4 is 15.9 Å². The summed E-state index contributed by atoms with van der Waals surface area (Å²) in [6.07, 6.45) is 8.50. The molecule has 0 aromatic rings. The molecular weight excluding hydrogens is 426 g/mol. The Kier molecular flexibility index (Phi) is 14.7. The van der Waals surface area contributed by atoms with Gasteiger partial charge in [-0.05, 0) is 44.1 Å². The normalized spacial score (nSPS) is 17.6. The summed E-state index contributed by atoms with van der Waals surface area (Å²) in [4.78, 5) is 12.7. The van der Waals surface area contributed by atoms with Crippen LogP contribution in [0.4, 0.5) is 0 Å². The van der Waals surface area contributed by atoms with Crippen LogP contribution < -0.4 is 10.6 Å². The van der Waals surface area contributed by atoms with Gasteiger partial charge in [-0.25, -0.2) is 12.7 Å². The first-order valence-corrected chi connectivity index (χ1v) is 14.5. The first-order valence-electron chi connectivity index (χ1n) is 12.9. The Balaban J connectivity index is 2.65. The van der Waals surface area contributed by atoms with E-state index in [2.05, 4.69) is 24.5 Å². The average molecular weight is 476 g/mol. The van der Waals surface area contributed by atoms with Crippen LogP contribution in [0, 0.1) is 11.8 Å². The fourth-order valence-corrected chi connectivity index (χ4v) is 6.02. The summed E-state index contributed by atoms with van der Waals surface area (Å²) < 4.78 is 26.8. The second-order valence-electron chi connectivity index (χ2n) is 9.83. The summed E-state index contributed by atoms with van der Waals surface area (Å²) in [5.74, 6) is 0.633. The SMILES string of the molecule is CCCN(CCC)S(=O)(=O)CCC(=O)N[C@@H](CC1CCCCC1)[C@H](O)CNCCC(C)C. The zero-order valence-electron chi connectivity index (χ0n) is 20.9. The van der Waals surface area contributed by atoms with Crippen LogP contribution in [0.15, 0.2) is 0 Å². The molecule has 0 unspecified atom stereocenters. The third kappa shape index (κ3) is 12.0. The highest BCUT2D eigenvalue weighted by Gasteiger charge is 2.27. The van der Waals surface area contributed by atoms with Gasteiger partial charge in [-0.1, -0.05) is 59.8 Å². The van der Waals surface area contributed by atoms with E-state index in [1.807, 2.05) is 13.8 Å². The van der Waals surface area contributed by atoms with Crippen molar-refractivity contribution in [2.75, 3.05) is 31.9 Å². The molecule has 1 aliphatic carbocycles. The molecule has 1 aliphatic rings. The van der Waals surface area contributed by atoms with Crippen molar-refractivity contribution in [2.45, 2.75) is 104 Å². The molecule has 1 rings (SSSR count). The molecule has 0 aromatic carbocycles. The van der Waals surface area contributed by atoms with Crippen LogP contribution in [0.5, 0.6) is 0 Å². The van der Waals surface area contributed by atoms with E-state index in [1.54, 1.807) is 0 Å². The molecule has 0 radical (unpaired) electrons. The van der Waals surface area contributed by atoms with Crippen molar-refractivity contribution in [1.82, 2.24) is 14.9 Å². The number of amides is 1. The molecule has 0 heterocycles. The first kappa shape index (κ1) is 29.3. The quantitative estimate of drug-likeness (QED) is 0.280. The molecule has 0 aromatic heterocycles. The predicted octanol–water partition coefficient (Wildman–Crippen LogP) is 3.28. The molecule has 7 nitrogen and oxygen atoms in total. The third-order valence-corrected chi connectivity index (χ3v) is 8.17. The maximum absolute atomic E-state index is 12.7. The number of hydrogen-bond donors (Lipinski definition) is 3. The van der Waals surface area contributed by atoms with Gasteiger partial charge in [-0.3, -0.25) is 4.79 Å². The van der Waals surface area contributed by atoms with Crippen molar-refractivity contribution in [2.24, 2.45) is 11.8 Å². The van der Waals surface area contributed by atoms with Crippen LogP contribution in [0.1, 0.15) is 91.9 Å². The van der Waals surface area contributed by atoms with Crippen molar-refractivity contribution < 1.29 is 18.3 Å². The number of carbonyl (C=O) groups is 1.